The topological polar surface area (TPSA) is 27.3 Å². The van der Waals surface area contributed by atoms with E-state index in [-0.39, 0.29) is 0 Å². The minimum atomic E-state index is -2.60. The molecule has 29 heavy (non-hydrogen) atoms. The number of benzene rings is 3. The second kappa shape index (κ2) is 7.59. The molecule has 5 rings (SSSR count). The van der Waals surface area contributed by atoms with Crippen LogP contribution in [0.5, 0.6) is 0 Å². The lowest BCUT2D eigenvalue weighted by atomic mass is 10.0. The third-order valence-corrected chi connectivity index (χ3v) is 8.52. The first-order valence-electron chi connectivity index (χ1n) is 9.90. The van der Waals surface area contributed by atoms with E-state index in [9.17, 15) is 0 Å². The second-order valence-corrected chi connectivity index (χ2v) is 10.6. The van der Waals surface area contributed by atoms with Crippen LogP contribution in [-0.4, -0.2) is 6.54 Å². The number of hydrogen-bond donors (Lipinski definition) is 2. The summed E-state index contributed by atoms with van der Waals surface area (Å²) in [5.74, 6) is 0. The quantitative estimate of drug-likeness (QED) is 0.453. The van der Waals surface area contributed by atoms with E-state index in [1.54, 1.807) is 11.9 Å². The summed E-state index contributed by atoms with van der Waals surface area (Å²) in [6.07, 6.45) is 2.34. The van der Waals surface area contributed by atoms with Crippen LogP contribution in [0, 0.1) is 6.92 Å². The molecule has 1 unspecified atom stereocenters. The molecule has 0 saturated carbocycles. The third-order valence-electron chi connectivity index (χ3n) is 5.46. The van der Waals surface area contributed by atoms with Gasteiger partial charge in [-0.05, 0) is 72.7 Å². The van der Waals surface area contributed by atoms with Crippen LogP contribution in [0.1, 0.15) is 23.1 Å². The number of aryl methyl sites for hydroxylation is 2. The van der Waals surface area contributed by atoms with Crippen LogP contribution in [-0.2, 0) is 13.0 Å². The fourth-order valence-electron chi connectivity index (χ4n) is 3.84. The van der Waals surface area contributed by atoms with Gasteiger partial charge in [0.2, 0.25) is 0 Å². The van der Waals surface area contributed by atoms with Crippen molar-refractivity contribution in [3.05, 3.63) is 83.4 Å². The summed E-state index contributed by atoms with van der Waals surface area (Å²) in [4.78, 5) is 1.98. The Morgan fingerprint density at radius 1 is 1.07 bits per heavy atom. The highest BCUT2D eigenvalue weighted by molar-refractivity contribution is 8.30. The van der Waals surface area contributed by atoms with Gasteiger partial charge >= 0.3 is 0 Å². The van der Waals surface area contributed by atoms with Crippen molar-refractivity contribution in [2.24, 2.45) is 0 Å². The Bertz CT molecular complexity index is 1040. The number of anilines is 2. The number of hydrogen-bond acceptors (Lipinski definition) is 4. The first-order valence-corrected chi connectivity index (χ1v) is 12.2. The molecule has 0 aliphatic carbocycles. The molecule has 0 amide bonds. The molecule has 2 heterocycles. The minimum absolute atomic E-state index is 0.504. The number of rotatable bonds is 5. The summed E-state index contributed by atoms with van der Waals surface area (Å²) in [7, 11) is -2.60. The molecule has 2 N–H and O–H groups in total. The monoisotopic (exact) mass is 425 g/mol. The van der Waals surface area contributed by atoms with E-state index < -0.39 is 10.8 Å². The molecule has 0 radical (unpaired) electrons. The van der Waals surface area contributed by atoms with Gasteiger partial charge in [-0.25, -0.2) is 4.72 Å². The van der Waals surface area contributed by atoms with Gasteiger partial charge in [0.15, 0.2) is 0 Å². The Balaban J connectivity index is 1.23. The van der Waals surface area contributed by atoms with Crippen molar-refractivity contribution in [1.82, 2.24) is 4.72 Å². The lowest BCUT2D eigenvalue weighted by molar-refractivity contribution is 0.795. The maximum atomic E-state index is 15.1. The zero-order valence-corrected chi connectivity index (χ0v) is 18.0. The van der Waals surface area contributed by atoms with Gasteiger partial charge in [0, 0.05) is 18.0 Å². The fourth-order valence-corrected chi connectivity index (χ4v) is 6.71. The minimum Gasteiger partial charge on any atom is -0.312 e. The van der Waals surface area contributed by atoms with Crippen molar-refractivity contribution < 1.29 is 3.89 Å². The number of nitrogens with one attached hydrogen (secondary N) is 2. The van der Waals surface area contributed by atoms with Crippen LogP contribution in [0.15, 0.2) is 76.5 Å². The maximum absolute atomic E-state index is 15.1. The fraction of sp³-hybridized carbons (Fsp3) is 0.217. The number of nitrogens with zero attached hydrogens (tertiary/aromatic N) is 1. The van der Waals surface area contributed by atoms with Gasteiger partial charge in [0.05, 0.1) is 27.1 Å². The summed E-state index contributed by atoms with van der Waals surface area (Å²) in [5.41, 5.74) is 5.85. The smallest absolute Gasteiger partial charge is 0.0745 e. The molecule has 2 aliphatic rings. The van der Waals surface area contributed by atoms with Crippen molar-refractivity contribution in [2.75, 3.05) is 15.6 Å². The van der Waals surface area contributed by atoms with Gasteiger partial charge in [-0.15, -0.1) is 3.89 Å². The van der Waals surface area contributed by atoms with Gasteiger partial charge in [-0.3, -0.25) is 0 Å². The summed E-state index contributed by atoms with van der Waals surface area (Å²) in [6, 6.07) is 22.9. The summed E-state index contributed by atoms with van der Waals surface area (Å²) in [6.45, 7) is 3.56. The zero-order chi connectivity index (χ0) is 19.8. The lowest BCUT2D eigenvalue weighted by Crippen LogP contribution is -2.31. The zero-order valence-electron chi connectivity index (χ0n) is 16.3. The molecule has 2 aliphatic heterocycles. The van der Waals surface area contributed by atoms with E-state index >= 15 is 3.89 Å². The predicted molar refractivity (Wildman–Crippen MR) is 123 cm³/mol. The molecule has 3 aromatic rings. The molecule has 0 saturated heterocycles. The van der Waals surface area contributed by atoms with Crippen molar-refractivity contribution in [3.63, 3.8) is 0 Å². The molecular weight excluding hydrogens is 401 g/mol. The molecule has 3 aromatic carbocycles. The first-order chi connectivity index (χ1) is 14.1. The van der Waals surface area contributed by atoms with E-state index in [4.69, 9.17) is 0 Å². The summed E-state index contributed by atoms with van der Waals surface area (Å²) < 4.78 is 23.6. The van der Waals surface area contributed by atoms with Gasteiger partial charge < -0.3 is 9.03 Å². The molecule has 0 aromatic heterocycles. The average molecular weight is 426 g/mol. The van der Waals surface area contributed by atoms with Crippen LogP contribution < -0.4 is 13.7 Å². The standard InChI is InChI=1S/C23H24FN3S2/c1-17-6-4-10-22-23(17)26-29(22,24)25-16-18-11-13-20(14-12-18)28-27-15-5-8-19-7-2-3-9-21(19)27/h2-4,6-7,9-14,25-26H,5,8,15-16H2,1H3. The van der Waals surface area contributed by atoms with Crippen LogP contribution in [0.2, 0.25) is 0 Å². The number of para-hydroxylation sites is 2. The molecule has 150 valence electrons. The molecule has 0 fully saturated rings. The Labute approximate surface area is 177 Å². The second-order valence-electron chi connectivity index (χ2n) is 7.48. The highest BCUT2D eigenvalue weighted by atomic mass is 32.3. The lowest BCUT2D eigenvalue weighted by Gasteiger charge is -2.44. The van der Waals surface area contributed by atoms with Gasteiger partial charge in [0.25, 0.3) is 0 Å². The average Bonchev–Trinajstić information content (AvgIpc) is 2.74. The molecular formula is C23H24FN3S2. The summed E-state index contributed by atoms with van der Waals surface area (Å²) in [5, 5.41) is 0. The Kier molecular flexibility index (Phi) is 4.94. The van der Waals surface area contributed by atoms with Gasteiger partial charge in [-0.1, -0.05) is 42.5 Å². The largest absolute Gasteiger partial charge is 0.312 e. The normalized spacial score (nSPS) is 21.9. The molecule has 0 bridgehead atoms. The van der Waals surface area contributed by atoms with Gasteiger partial charge in [0.1, 0.15) is 0 Å². The molecule has 3 nitrogen and oxygen atoms in total. The molecule has 0 spiro atoms. The highest BCUT2D eigenvalue weighted by Crippen LogP contribution is 2.65. The number of halogens is 1. The van der Waals surface area contributed by atoms with E-state index in [0.29, 0.717) is 6.54 Å². The Hall–Kier alpha value is -2.15. The predicted octanol–water partition coefficient (Wildman–Crippen LogP) is 6.55. The van der Waals surface area contributed by atoms with E-state index in [0.717, 1.165) is 34.7 Å². The van der Waals surface area contributed by atoms with Crippen LogP contribution >= 0.6 is 22.7 Å². The van der Waals surface area contributed by atoms with E-state index in [1.807, 2.05) is 25.1 Å². The Morgan fingerprint density at radius 3 is 2.76 bits per heavy atom. The van der Waals surface area contributed by atoms with Crippen LogP contribution in [0.4, 0.5) is 15.3 Å². The third kappa shape index (κ3) is 3.61. The highest BCUT2D eigenvalue weighted by Gasteiger charge is 2.38. The van der Waals surface area contributed by atoms with Crippen molar-refractivity contribution in [1.29, 1.82) is 0 Å². The van der Waals surface area contributed by atoms with Crippen LogP contribution in [0.25, 0.3) is 0 Å². The first kappa shape index (κ1) is 18.9. The Morgan fingerprint density at radius 2 is 1.90 bits per heavy atom. The molecule has 1 atom stereocenters. The van der Waals surface area contributed by atoms with Gasteiger partial charge in [-0.2, -0.15) is 0 Å². The summed E-state index contributed by atoms with van der Waals surface area (Å²) >= 11 is 1.78. The van der Waals surface area contributed by atoms with Crippen LogP contribution in [0.3, 0.4) is 0 Å². The molecule has 6 heteroatoms. The maximum Gasteiger partial charge on any atom is 0.0745 e. The van der Waals surface area contributed by atoms with Crippen molar-refractivity contribution in [3.8, 4) is 0 Å². The van der Waals surface area contributed by atoms with E-state index in [1.165, 1.54) is 22.6 Å². The number of fused-ring (bicyclic) bond motifs is 2. The van der Waals surface area contributed by atoms with E-state index in [2.05, 4.69) is 62.3 Å². The van der Waals surface area contributed by atoms with Crippen molar-refractivity contribution in [2.45, 2.75) is 36.1 Å². The SMILES string of the molecule is Cc1cccc2c1NS2(F)NCc1ccc(SN2CCCc3ccccc32)cc1. The van der Waals surface area contributed by atoms with Crippen molar-refractivity contribution >= 4 is 34.1 Å².